The molecule has 1 aromatic carbocycles. The predicted molar refractivity (Wildman–Crippen MR) is 47.9 cm³/mol. The van der Waals surface area contributed by atoms with Gasteiger partial charge in [0.15, 0.2) is 11.5 Å². The number of aliphatic hydroxyl groups is 1. The lowest BCUT2D eigenvalue weighted by molar-refractivity contribution is 0.146. The van der Waals surface area contributed by atoms with Crippen LogP contribution < -0.4 is 0 Å². The third-order valence-electron chi connectivity index (χ3n) is 2.39. The fraction of sp³-hybridized carbons (Fsp3) is 0.333. The molecule has 3 N–H and O–H groups in total. The molecule has 0 heterocycles. The Morgan fingerprint density at radius 3 is 2.36 bits per heavy atom. The van der Waals surface area contributed by atoms with E-state index in [1.54, 1.807) is 0 Å². The summed E-state index contributed by atoms with van der Waals surface area (Å²) in [5.74, 6) is -2.71. The zero-order valence-corrected chi connectivity index (χ0v) is 7.85. The van der Waals surface area contributed by atoms with Crippen molar-refractivity contribution in [2.75, 3.05) is 0 Å². The minimum Gasteiger partial charge on any atom is -0.504 e. The molecule has 0 atom stereocenters. The third-order valence-corrected chi connectivity index (χ3v) is 2.68. The van der Waals surface area contributed by atoms with Crippen molar-refractivity contribution in [3.8, 4) is 11.5 Å². The molecule has 0 saturated heterocycles. The summed E-state index contributed by atoms with van der Waals surface area (Å²) in [6.07, 6.45) is 0.919. The second-order valence-corrected chi connectivity index (χ2v) is 3.86. The first-order valence-electron chi connectivity index (χ1n) is 4.08. The molecule has 0 bridgehead atoms. The van der Waals surface area contributed by atoms with Crippen LogP contribution in [0.1, 0.15) is 18.4 Å². The van der Waals surface area contributed by atoms with E-state index in [4.69, 9.17) is 16.7 Å². The second kappa shape index (κ2) is 2.74. The number of aromatic hydroxyl groups is 2. The van der Waals surface area contributed by atoms with Gasteiger partial charge in [0.05, 0.1) is 10.6 Å². The summed E-state index contributed by atoms with van der Waals surface area (Å²) < 4.78 is 13.1. The van der Waals surface area contributed by atoms with E-state index in [2.05, 4.69) is 0 Å². The van der Waals surface area contributed by atoms with E-state index in [0.717, 1.165) is 0 Å². The van der Waals surface area contributed by atoms with Gasteiger partial charge in [0.25, 0.3) is 0 Å². The predicted octanol–water partition coefficient (Wildman–Crippen LogP) is 1.87. The first-order valence-corrected chi connectivity index (χ1v) is 4.46. The lowest BCUT2D eigenvalue weighted by Gasteiger charge is -2.12. The van der Waals surface area contributed by atoms with Crippen molar-refractivity contribution >= 4 is 11.6 Å². The van der Waals surface area contributed by atoms with Crippen LogP contribution in [0.4, 0.5) is 4.39 Å². The number of phenolic OH excluding ortho intramolecular Hbond substituents is 2. The van der Waals surface area contributed by atoms with Gasteiger partial charge in [-0.25, -0.2) is 0 Å². The molecular weight excluding hydrogens is 211 g/mol. The van der Waals surface area contributed by atoms with Crippen LogP contribution in [-0.2, 0) is 5.60 Å². The average Bonchev–Trinajstić information content (AvgIpc) is 2.87. The Morgan fingerprint density at radius 2 is 1.86 bits per heavy atom. The van der Waals surface area contributed by atoms with E-state index in [-0.39, 0.29) is 10.6 Å². The Kier molecular flexibility index (Phi) is 1.87. The van der Waals surface area contributed by atoms with Gasteiger partial charge in [0.1, 0.15) is 0 Å². The first-order chi connectivity index (χ1) is 6.46. The van der Waals surface area contributed by atoms with E-state index in [1.807, 2.05) is 0 Å². The van der Waals surface area contributed by atoms with Crippen molar-refractivity contribution in [2.24, 2.45) is 0 Å². The highest BCUT2D eigenvalue weighted by Crippen LogP contribution is 2.51. The number of hydrogen-bond acceptors (Lipinski definition) is 3. The van der Waals surface area contributed by atoms with Gasteiger partial charge in [-0.1, -0.05) is 11.6 Å². The number of halogens is 2. The van der Waals surface area contributed by atoms with Crippen molar-refractivity contribution < 1.29 is 19.7 Å². The quantitative estimate of drug-likeness (QED) is 0.675. The lowest BCUT2D eigenvalue weighted by Crippen LogP contribution is -2.05. The maximum absolute atomic E-state index is 13.1. The minimum absolute atomic E-state index is 0.0396. The van der Waals surface area contributed by atoms with E-state index >= 15 is 0 Å². The van der Waals surface area contributed by atoms with Crippen molar-refractivity contribution in [3.63, 3.8) is 0 Å². The highest BCUT2D eigenvalue weighted by Gasteiger charge is 2.45. The SMILES string of the molecule is Oc1c(Cl)cc(C2(O)CC2)c(O)c1F. The maximum Gasteiger partial charge on any atom is 0.208 e. The molecule has 1 aliphatic carbocycles. The summed E-state index contributed by atoms with van der Waals surface area (Å²) in [6, 6.07) is 1.18. The molecular formula is C9H8ClFO3. The van der Waals surface area contributed by atoms with Crippen LogP contribution in [-0.4, -0.2) is 15.3 Å². The van der Waals surface area contributed by atoms with Crippen molar-refractivity contribution in [1.29, 1.82) is 0 Å². The topological polar surface area (TPSA) is 60.7 Å². The molecule has 5 heteroatoms. The Hall–Kier alpha value is -1.00. The van der Waals surface area contributed by atoms with E-state index in [9.17, 15) is 14.6 Å². The summed E-state index contributed by atoms with van der Waals surface area (Å²) >= 11 is 5.51. The third kappa shape index (κ3) is 1.22. The molecule has 0 aromatic heterocycles. The van der Waals surface area contributed by atoms with Gasteiger partial charge in [-0.05, 0) is 18.9 Å². The van der Waals surface area contributed by atoms with Crippen molar-refractivity contribution in [1.82, 2.24) is 0 Å². The highest BCUT2D eigenvalue weighted by molar-refractivity contribution is 6.32. The summed E-state index contributed by atoms with van der Waals surface area (Å²) in [6.45, 7) is 0. The van der Waals surface area contributed by atoms with Crippen LogP contribution in [0, 0.1) is 5.82 Å². The van der Waals surface area contributed by atoms with Crippen molar-refractivity contribution in [3.05, 3.63) is 22.5 Å². The molecule has 14 heavy (non-hydrogen) atoms. The highest BCUT2D eigenvalue weighted by atomic mass is 35.5. The van der Waals surface area contributed by atoms with Gasteiger partial charge < -0.3 is 15.3 Å². The number of hydrogen-bond donors (Lipinski definition) is 3. The smallest absolute Gasteiger partial charge is 0.208 e. The Morgan fingerprint density at radius 1 is 1.29 bits per heavy atom. The monoisotopic (exact) mass is 218 g/mol. The van der Waals surface area contributed by atoms with E-state index in [0.29, 0.717) is 12.8 Å². The molecule has 0 radical (unpaired) electrons. The molecule has 0 aliphatic heterocycles. The number of rotatable bonds is 1. The van der Waals surface area contributed by atoms with E-state index in [1.165, 1.54) is 6.07 Å². The average molecular weight is 219 g/mol. The normalized spacial score (nSPS) is 18.2. The fourth-order valence-electron chi connectivity index (χ4n) is 1.34. The van der Waals surface area contributed by atoms with Gasteiger partial charge in [-0.15, -0.1) is 0 Å². The van der Waals surface area contributed by atoms with Crippen molar-refractivity contribution in [2.45, 2.75) is 18.4 Å². The van der Waals surface area contributed by atoms with Crippen LogP contribution in [0.3, 0.4) is 0 Å². The number of phenols is 2. The van der Waals surface area contributed by atoms with Crippen LogP contribution in [0.2, 0.25) is 5.02 Å². The Balaban J connectivity index is 2.62. The molecule has 1 aliphatic rings. The van der Waals surface area contributed by atoms with Crippen LogP contribution in [0.25, 0.3) is 0 Å². The maximum atomic E-state index is 13.1. The second-order valence-electron chi connectivity index (χ2n) is 3.45. The first kappa shape index (κ1) is 9.55. The molecule has 1 fully saturated rings. The van der Waals surface area contributed by atoms with Crippen LogP contribution >= 0.6 is 11.6 Å². The molecule has 0 unspecified atom stereocenters. The molecule has 1 saturated carbocycles. The van der Waals surface area contributed by atoms with Crippen LogP contribution in [0.5, 0.6) is 11.5 Å². The van der Waals surface area contributed by atoms with Gasteiger partial charge in [-0.2, -0.15) is 4.39 Å². The summed E-state index contributed by atoms with van der Waals surface area (Å²) in [5.41, 5.74) is -1.14. The van der Waals surface area contributed by atoms with Gasteiger partial charge in [-0.3, -0.25) is 0 Å². The molecule has 0 spiro atoms. The fourth-order valence-corrected chi connectivity index (χ4v) is 1.53. The minimum atomic E-state index is -1.19. The zero-order valence-electron chi connectivity index (χ0n) is 7.09. The molecule has 0 amide bonds. The molecule has 2 rings (SSSR count). The van der Waals surface area contributed by atoms with Crippen LogP contribution in [0.15, 0.2) is 6.07 Å². The summed E-state index contributed by atoms with van der Waals surface area (Å²) in [4.78, 5) is 0. The molecule has 3 nitrogen and oxygen atoms in total. The lowest BCUT2D eigenvalue weighted by atomic mass is 10.1. The molecule has 76 valence electrons. The summed E-state index contributed by atoms with van der Waals surface area (Å²) in [5, 5.41) is 27.8. The van der Waals surface area contributed by atoms with E-state index < -0.39 is 22.9 Å². The van der Waals surface area contributed by atoms with Gasteiger partial charge >= 0.3 is 0 Å². The number of benzene rings is 1. The standard InChI is InChI=1S/C9H8ClFO3/c10-5-3-4(9(14)1-2-9)7(12)6(11)8(5)13/h3,12-14H,1-2H2. The zero-order chi connectivity index (χ0) is 10.5. The Bertz CT molecular complexity index is 402. The Labute approximate surface area is 84.4 Å². The molecule has 1 aromatic rings. The largest absolute Gasteiger partial charge is 0.504 e. The summed E-state index contributed by atoms with van der Waals surface area (Å²) in [7, 11) is 0. The van der Waals surface area contributed by atoms with Gasteiger partial charge in [0.2, 0.25) is 5.82 Å². The van der Waals surface area contributed by atoms with Gasteiger partial charge in [0, 0.05) is 5.56 Å².